The lowest BCUT2D eigenvalue weighted by atomic mass is 9.95. The smallest absolute Gasteiger partial charge is 0.271 e. The third kappa shape index (κ3) is 2.73. The lowest BCUT2D eigenvalue weighted by Crippen LogP contribution is -2.46. The van der Waals surface area contributed by atoms with Crippen molar-refractivity contribution in [1.82, 2.24) is 14.9 Å². The van der Waals surface area contributed by atoms with Crippen molar-refractivity contribution in [3.63, 3.8) is 0 Å². The molecule has 0 bridgehead atoms. The van der Waals surface area contributed by atoms with Gasteiger partial charge in [0.05, 0.1) is 16.6 Å². The van der Waals surface area contributed by atoms with Crippen LogP contribution >= 0.6 is 0 Å². The van der Waals surface area contributed by atoms with Crippen LogP contribution in [0.15, 0.2) is 29.1 Å². The first-order valence-electron chi connectivity index (χ1n) is 6.96. The summed E-state index contributed by atoms with van der Waals surface area (Å²) in [7, 11) is 0. The number of hydrogen-bond acceptors (Lipinski definition) is 4. The Morgan fingerprint density at radius 3 is 3.05 bits per heavy atom. The number of likely N-dealkylation sites (tertiary alicyclic amines) is 1. The highest BCUT2D eigenvalue weighted by molar-refractivity contribution is 5.73. The number of benzene rings is 1. The van der Waals surface area contributed by atoms with Crippen LogP contribution in [-0.2, 0) is 6.54 Å². The lowest BCUT2D eigenvalue weighted by Gasteiger charge is -2.36. The Hall–Kier alpha value is -1.72. The Labute approximate surface area is 117 Å². The molecule has 1 atom stereocenters. The number of β-amino-alcohol motifs (C(OH)–C–C–N with tert-alkyl or cyclic N) is 1. The molecule has 1 aliphatic heterocycles. The fourth-order valence-electron chi connectivity index (χ4n) is 2.84. The molecule has 0 aliphatic carbocycles. The second-order valence-electron chi connectivity index (χ2n) is 5.84. The minimum Gasteiger partial charge on any atom is -0.389 e. The number of hydrogen-bond donors (Lipinski definition) is 2. The van der Waals surface area contributed by atoms with E-state index in [1.54, 1.807) is 0 Å². The van der Waals surface area contributed by atoms with Crippen molar-refractivity contribution in [3.05, 3.63) is 40.3 Å². The van der Waals surface area contributed by atoms with Gasteiger partial charge in [0, 0.05) is 13.1 Å². The number of piperidine rings is 1. The first-order valence-corrected chi connectivity index (χ1v) is 6.96. The highest BCUT2D eigenvalue weighted by atomic mass is 16.3. The summed E-state index contributed by atoms with van der Waals surface area (Å²) >= 11 is 0. The summed E-state index contributed by atoms with van der Waals surface area (Å²) < 4.78 is 0. The fraction of sp³-hybridized carbons (Fsp3) is 0.467. The van der Waals surface area contributed by atoms with Gasteiger partial charge in [-0.25, -0.2) is 4.98 Å². The highest BCUT2D eigenvalue weighted by Gasteiger charge is 2.28. The normalized spacial score (nSPS) is 24.1. The van der Waals surface area contributed by atoms with Crippen LogP contribution in [0.3, 0.4) is 0 Å². The molecule has 3 rings (SSSR count). The molecule has 2 heterocycles. The van der Waals surface area contributed by atoms with E-state index >= 15 is 0 Å². The highest BCUT2D eigenvalue weighted by Crippen LogP contribution is 2.21. The summed E-state index contributed by atoms with van der Waals surface area (Å²) in [4.78, 5) is 21.5. The van der Waals surface area contributed by atoms with E-state index in [1.807, 2.05) is 31.2 Å². The molecule has 1 aromatic heterocycles. The predicted molar refractivity (Wildman–Crippen MR) is 77.5 cm³/mol. The molecule has 0 amide bonds. The average Bonchev–Trinajstić information content (AvgIpc) is 2.38. The van der Waals surface area contributed by atoms with Gasteiger partial charge in [-0.2, -0.15) is 0 Å². The molecule has 1 aromatic carbocycles. The van der Waals surface area contributed by atoms with E-state index in [0.717, 1.165) is 30.4 Å². The minimum atomic E-state index is -0.665. The molecule has 2 N–H and O–H groups in total. The number of aromatic nitrogens is 2. The molecule has 0 spiro atoms. The molecule has 1 fully saturated rings. The van der Waals surface area contributed by atoms with Gasteiger partial charge in [0.25, 0.3) is 5.56 Å². The van der Waals surface area contributed by atoms with Crippen LogP contribution in [0.4, 0.5) is 0 Å². The van der Waals surface area contributed by atoms with Crippen molar-refractivity contribution < 1.29 is 5.11 Å². The van der Waals surface area contributed by atoms with Gasteiger partial charge in [-0.1, -0.05) is 12.1 Å². The summed E-state index contributed by atoms with van der Waals surface area (Å²) in [5.41, 5.74) is 1.26. The molecule has 5 heteroatoms. The molecule has 0 saturated carbocycles. The van der Waals surface area contributed by atoms with Gasteiger partial charge in [0.2, 0.25) is 0 Å². The molecular formula is C15H19N3O2. The summed E-state index contributed by atoms with van der Waals surface area (Å²) in [6, 6.07) is 7.52. The van der Waals surface area contributed by atoms with E-state index in [9.17, 15) is 9.90 Å². The van der Waals surface area contributed by atoms with Crippen molar-refractivity contribution in [3.8, 4) is 0 Å². The van der Waals surface area contributed by atoms with Gasteiger partial charge < -0.3 is 10.1 Å². The molecule has 1 aliphatic rings. The van der Waals surface area contributed by atoms with E-state index in [1.165, 1.54) is 0 Å². The van der Waals surface area contributed by atoms with Crippen molar-refractivity contribution in [1.29, 1.82) is 0 Å². The van der Waals surface area contributed by atoms with Crippen LogP contribution in [-0.4, -0.2) is 38.7 Å². The van der Waals surface area contributed by atoms with E-state index in [-0.39, 0.29) is 5.56 Å². The Kier molecular flexibility index (Phi) is 3.31. The molecule has 1 unspecified atom stereocenters. The molecule has 20 heavy (non-hydrogen) atoms. The third-order valence-corrected chi connectivity index (χ3v) is 3.80. The van der Waals surface area contributed by atoms with Crippen molar-refractivity contribution in [2.75, 3.05) is 13.1 Å². The van der Waals surface area contributed by atoms with E-state index < -0.39 is 5.60 Å². The maximum absolute atomic E-state index is 12.1. The molecule has 0 radical (unpaired) electrons. The van der Waals surface area contributed by atoms with Crippen molar-refractivity contribution in [2.45, 2.75) is 31.9 Å². The van der Waals surface area contributed by atoms with Crippen molar-refractivity contribution >= 4 is 11.0 Å². The zero-order valence-electron chi connectivity index (χ0n) is 11.6. The molecule has 5 nitrogen and oxygen atoms in total. The predicted octanol–water partition coefficient (Wildman–Crippen LogP) is 1.27. The maximum Gasteiger partial charge on any atom is 0.271 e. The SMILES string of the molecule is CC1(O)CCCN(Cc2nc3ccccc3[nH]c2=O)C1. The molecular weight excluding hydrogens is 254 g/mol. The number of nitrogens with one attached hydrogen (secondary N) is 1. The number of rotatable bonds is 2. The minimum absolute atomic E-state index is 0.145. The number of nitrogens with zero attached hydrogens (tertiary/aromatic N) is 2. The van der Waals surface area contributed by atoms with Gasteiger partial charge in [-0.05, 0) is 38.4 Å². The number of fused-ring (bicyclic) bond motifs is 1. The zero-order chi connectivity index (χ0) is 14.2. The Balaban J connectivity index is 1.87. The van der Waals surface area contributed by atoms with Gasteiger partial charge in [0.1, 0.15) is 5.69 Å². The summed E-state index contributed by atoms with van der Waals surface area (Å²) in [5.74, 6) is 0. The van der Waals surface area contributed by atoms with E-state index in [2.05, 4.69) is 14.9 Å². The number of aliphatic hydroxyl groups is 1. The van der Waals surface area contributed by atoms with Gasteiger partial charge in [-0.3, -0.25) is 9.69 Å². The number of aromatic amines is 1. The van der Waals surface area contributed by atoms with Crippen LogP contribution < -0.4 is 5.56 Å². The van der Waals surface area contributed by atoms with E-state index in [4.69, 9.17) is 0 Å². The first-order chi connectivity index (χ1) is 9.53. The lowest BCUT2D eigenvalue weighted by molar-refractivity contribution is -0.0185. The average molecular weight is 273 g/mol. The fourth-order valence-corrected chi connectivity index (χ4v) is 2.84. The van der Waals surface area contributed by atoms with Crippen LogP contribution in [0, 0.1) is 0 Å². The second-order valence-corrected chi connectivity index (χ2v) is 5.84. The second kappa shape index (κ2) is 5.00. The quantitative estimate of drug-likeness (QED) is 0.864. The Morgan fingerprint density at radius 2 is 2.25 bits per heavy atom. The monoisotopic (exact) mass is 273 g/mol. The standard InChI is InChI=1S/C15H19N3O2/c1-15(20)7-4-8-18(10-15)9-13-14(19)17-12-6-3-2-5-11(12)16-13/h2-3,5-6,20H,4,7-10H2,1H3,(H,17,19). The van der Waals surface area contributed by atoms with Crippen LogP contribution in [0.1, 0.15) is 25.5 Å². The number of para-hydroxylation sites is 2. The Bertz CT molecular complexity index is 678. The number of H-pyrrole nitrogens is 1. The van der Waals surface area contributed by atoms with Crippen LogP contribution in [0.5, 0.6) is 0 Å². The summed E-state index contributed by atoms with van der Waals surface area (Å²) in [6.45, 7) is 3.80. The molecule has 106 valence electrons. The summed E-state index contributed by atoms with van der Waals surface area (Å²) in [5, 5.41) is 10.1. The zero-order valence-corrected chi connectivity index (χ0v) is 11.6. The first kappa shape index (κ1) is 13.3. The van der Waals surface area contributed by atoms with Gasteiger partial charge >= 0.3 is 0 Å². The van der Waals surface area contributed by atoms with Gasteiger partial charge in [0.15, 0.2) is 0 Å². The molecule has 2 aromatic rings. The van der Waals surface area contributed by atoms with Crippen molar-refractivity contribution in [2.24, 2.45) is 0 Å². The van der Waals surface area contributed by atoms with E-state index in [0.29, 0.717) is 18.8 Å². The van der Waals surface area contributed by atoms with Crippen LogP contribution in [0.2, 0.25) is 0 Å². The Morgan fingerprint density at radius 1 is 1.45 bits per heavy atom. The maximum atomic E-state index is 12.1. The van der Waals surface area contributed by atoms with Gasteiger partial charge in [-0.15, -0.1) is 0 Å². The summed E-state index contributed by atoms with van der Waals surface area (Å²) in [6.07, 6.45) is 1.75. The van der Waals surface area contributed by atoms with Crippen LogP contribution in [0.25, 0.3) is 11.0 Å². The third-order valence-electron chi connectivity index (χ3n) is 3.80. The topological polar surface area (TPSA) is 69.2 Å². The largest absolute Gasteiger partial charge is 0.389 e. The molecule has 1 saturated heterocycles.